The molecule has 6 heteroatoms. The van der Waals surface area contributed by atoms with Crippen LogP contribution in [0.15, 0.2) is 36.8 Å². The summed E-state index contributed by atoms with van der Waals surface area (Å²) >= 11 is 0. The van der Waals surface area contributed by atoms with Crippen molar-refractivity contribution in [3.8, 4) is 5.75 Å². The number of Topliss-reactive ketones (excluding diaryl/α,β-unsaturated/α-hetero) is 1. The molecule has 0 fully saturated rings. The van der Waals surface area contributed by atoms with E-state index in [-0.39, 0.29) is 24.7 Å². The molecule has 1 aliphatic heterocycles. The molecule has 0 spiro atoms. The molecule has 0 bridgehead atoms. The molecule has 1 aromatic carbocycles. The number of ketones is 1. The highest BCUT2D eigenvalue weighted by atomic mass is 16.5. The first kappa shape index (κ1) is 12.3. The van der Waals surface area contributed by atoms with Crippen LogP contribution in [0.3, 0.4) is 0 Å². The molecule has 100 valence electrons. The van der Waals surface area contributed by atoms with E-state index < -0.39 is 0 Å². The molecule has 2 aromatic rings. The Morgan fingerprint density at radius 1 is 1.35 bits per heavy atom. The Bertz CT molecular complexity index is 671. The molecule has 2 heterocycles. The molecule has 6 nitrogen and oxygen atoms in total. The lowest BCUT2D eigenvalue weighted by Crippen LogP contribution is -2.25. The van der Waals surface area contributed by atoms with Crippen LogP contribution in [-0.2, 0) is 11.2 Å². The summed E-state index contributed by atoms with van der Waals surface area (Å²) in [5.74, 6) is 0.271. The Morgan fingerprint density at radius 2 is 2.25 bits per heavy atom. The van der Waals surface area contributed by atoms with Crippen LogP contribution in [0.5, 0.6) is 5.75 Å². The molecule has 0 unspecified atom stereocenters. The van der Waals surface area contributed by atoms with Gasteiger partial charge in [0.25, 0.3) is 5.91 Å². The lowest BCUT2D eigenvalue weighted by Gasteiger charge is -2.18. The Morgan fingerprint density at radius 3 is 3.05 bits per heavy atom. The van der Waals surface area contributed by atoms with Crippen molar-refractivity contribution in [2.75, 3.05) is 11.9 Å². The van der Waals surface area contributed by atoms with E-state index in [0.717, 1.165) is 0 Å². The van der Waals surface area contributed by atoms with E-state index in [0.29, 0.717) is 22.7 Å². The summed E-state index contributed by atoms with van der Waals surface area (Å²) in [5.41, 5.74) is 1.69. The second-order valence-electron chi connectivity index (χ2n) is 4.35. The molecule has 0 saturated heterocycles. The van der Waals surface area contributed by atoms with Gasteiger partial charge in [0, 0.05) is 11.8 Å². The number of nitrogens with zero attached hydrogens (tertiary/aromatic N) is 2. The Labute approximate surface area is 114 Å². The normalized spacial score (nSPS) is 13.1. The average molecular weight is 269 g/mol. The zero-order valence-electron chi connectivity index (χ0n) is 10.5. The van der Waals surface area contributed by atoms with Gasteiger partial charge in [0.1, 0.15) is 12.1 Å². The maximum atomic E-state index is 12.2. The SMILES string of the molecule is O=C1COc2ccc(C(=O)Cc3ccncn3)cc2N1. The number of hydrogen-bond acceptors (Lipinski definition) is 5. The van der Waals surface area contributed by atoms with Gasteiger partial charge in [0.15, 0.2) is 12.4 Å². The minimum Gasteiger partial charge on any atom is -0.482 e. The van der Waals surface area contributed by atoms with Crippen LogP contribution in [0, 0.1) is 0 Å². The topological polar surface area (TPSA) is 81.2 Å². The van der Waals surface area contributed by atoms with E-state index >= 15 is 0 Å². The van der Waals surface area contributed by atoms with Gasteiger partial charge in [-0.3, -0.25) is 9.59 Å². The second kappa shape index (κ2) is 5.08. The zero-order valence-corrected chi connectivity index (χ0v) is 10.5. The Balaban J connectivity index is 1.82. The smallest absolute Gasteiger partial charge is 0.262 e. The van der Waals surface area contributed by atoms with Crippen molar-refractivity contribution in [1.29, 1.82) is 0 Å². The van der Waals surface area contributed by atoms with Crippen molar-refractivity contribution in [3.63, 3.8) is 0 Å². The minimum absolute atomic E-state index is 0.00122. The van der Waals surface area contributed by atoms with Crippen molar-refractivity contribution in [1.82, 2.24) is 9.97 Å². The standard InChI is InChI=1S/C14H11N3O3/c18-12(6-10-3-4-15-8-16-10)9-1-2-13-11(5-9)17-14(19)7-20-13/h1-5,8H,6-7H2,(H,17,19). The van der Waals surface area contributed by atoms with Crippen molar-refractivity contribution < 1.29 is 14.3 Å². The van der Waals surface area contributed by atoms with E-state index in [1.165, 1.54) is 6.33 Å². The van der Waals surface area contributed by atoms with Gasteiger partial charge in [-0.2, -0.15) is 0 Å². The van der Waals surface area contributed by atoms with Crippen LogP contribution < -0.4 is 10.1 Å². The first-order valence-electron chi connectivity index (χ1n) is 6.07. The van der Waals surface area contributed by atoms with E-state index in [1.54, 1.807) is 30.5 Å². The fourth-order valence-corrected chi connectivity index (χ4v) is 1.95. The number of aromatic nitrogens is 2. The lowest BCUT2D eigenvalue weighted by molar-refractivity contribution is -0.118. The van der Waals surface area contributed by atoms with E-state index in [1.807, 2.05) is 0 Å². The first-order chi connectivity index (χ1) is 9.72. The van der Waals surface area contributed by atoms with E-state index in [2.05, 4.69) is 15.3 Å². The third kappa shape index (κ3) is 2.49. The molecule has 1 aromatic heterocycles. The summed E-state index contributed by atoms with van der Waals surface area (Å²) in [5, 5.41) is 2.68. The zero-order chi connectivity index (χ0) is 13.9. The molecule has 0 saturated carbocycles. The van der Waals surface area contributed by atoms with Crippen molar-refractivity contribution in [2.24, 2.45) is 0 Å². The average Bonchev–Trinajstić information content (AvgIpc) is 2.47. The number of carbonyl (C=O) groups excluding carboxylic acids is 2. The van der Waals surface area contributed by atoms with Crippen LogP contribution in [0.4, 0.5) is 5.69 Å². The minimum atomic E-state index is -0.224. The molecule has 3 rings (SSSR count). The molecular weight excluding hydrogens is 258 g/mol. The highest BCUT2D eigenvalue weighted by Gasteiger charge is 2.18. The van der Waals surface area contributed by atoms with Crippen LogP contribution in [0.25, 0.3) is 0 Å². The number of ether oxygens (including phenoxy) is 1. The van der Waals surface area contributed by atoms with Gasteiger partial charge in [-0.05, 0) is 24.3 Å². The van der Waals surface area contributed by atoms with Gasteiger partial charge in [0.05, 0.1) is 17.8 Å². The van der Waals surface area contributed by atoms with Gasteiger partial charge < -0.3 is 10.1 Å². The number of fused-ring (bicyclic) bond motifs is 1. The summed E-state index contributed by atoms with van der Waals surface area (Å²) in [4.78, 5) is 31.2. The number of carbonyl (C=O) groups is 2. The maximum absolute atomic E-state index is 12.2. The first-order valence-corrected chi connectivity index (χ1v) is 6.07. The number of benzene rings is 1. The molecule has 20 heavy (non-hydrogen) atoms. The van der Waals surface area contributed by atoms with Crippen LogP contribution in [-0.4, -0.2) is 28.3 Å². The predicted octanol–water partition coefficient (Wildman–Crippen LogP) is 1.23. The van der Waals surface area contributed by atoms with Crippen LogP contribution in [0.2, 0.25) is 0 Å². The largest absolute Gasteiger partial charge is 0.482 e. The number of amides is 1. The van der Waals surface area contributed by atoms with E-state index in [4.69, 9.17) is 4.74 Å². The van der Waals surface area contributed by atoms with Crippen molar-refractivity contribution in [3.05, 3.63) is 48.0 Å². The summed E-state index contributed by atoms with van der Waals surface area (Å²) in [7, 11) is 0. The maximum Gasteiger partial charge on any atom is 0.262 e. The molecule has 0 atom stereocenters. The van der Waals surface area contributed by atoms with E-state index in [9.17, 15) is 9.59 Å². The van der Waals surface area contributed by atoms with Gasteiger partial charge in [-0.25, -0.2) is 9.97 Å². The number of hydrogen-bond donors (Lipinski definition) is 1. The van der Waals surface area contributed by atoms with Crippen LogP contribution >= 0.6 is 0 Å². The predicted molar refractivity (Wildman–Crippen MR) is 70.6 cm³/mol. The number of rotatable bonds is 3. The third-order valence-electron chi connectivity index (χ3n) is 2.92. The fourth-order valence-electron chi connectivity index (χ4n) is 1.95. The summed E-state index contributed by atoms with van der Waals surface area (Å²) in [6.07, 6.45) is 3.19. The molecule has 0 radical (unpaired) electrons. The summed E-state index contributed by atoms with van der Waals surface area (Å²) < 4.78 is 5.24. The van der Waals surface area contributed by atoms with Crippen LogP contribution in [0.1, 0.15) is 16.1 Å². The van der Waals surface area contributed by atoms with Gasteiger partial charge in [0.2, 0.25) is 0 Å². The number of nitrogens with one attached hydrogen (secondary N) is 1. The molecular formula is C14H11N3O3. The third-order valence-corrected chi connectivity index (χ3v) is 2.92. The molecule has 1 amide bonds. The Hall–Kier alpha value is -2.76. The monoisotopic (exact) mass is 269 g/mol. The van der Waals surface area contributed by atoms with Gasteiger partial charge in [-0.15, -0.1) is 0 Å². The molecule has 1 aliphatic rings. The van der Waals surface area contributed by atoms with Gasteiger partial charge >= 0.3 is 0 Å². The van der Waals surface area contributed by atoms with Crippen molar-refractivity contribution in [2.45, 2.75) is 6.42 Å². The quantitative estimate of drug-likeness (QED) is 0.848. The summed E-state index contributed by atoms with van der Waals surface area (Å²) in [6.45, 7) is 0.00122. The fraction of sp³-hybridized carbons (Fsp3) is 0.143. The lowest BCUT2D eigenvalue weighted by atomic mass is 10.0. The highest BCUT2D eigenvalue weighted by Crippen LogP contribution is 2.28. The summed E-state index contributed by atoms with van der Waals surface area (Å²) in [6, 6.07) is 6.68. The van der Waals surface area contributed by atoms with Crippen molar-refractivity contribution >= 4 is 17.4 Å². The second-order valence-corrected chi connectivity index (χ2v) is 4.35. The molecule has 0 aliphatic carbocycles. The van der Waals surface area contributed by atoms with Gasteiger partial charge in [-0.1, -0.05) is 0 Å². The molecule has 1 N–H and O–H groups in total. The highest BCUT2D eigenvalue weighted by molar-refractivity contribution is 6.01. The number of anilines is 1. The Kier molecular flexibility index (Phi) is 3.12.